The first-order valence-corrected chi connectivity index (χ1v) is 5.55. The highest BCUT2D eigenvalue weighted by atomic mass is 19.3. The first-order valence-electron chi connectivity index (χ1n) is 5.55. The molecule has 1 aliphatic rings. The molecule has 1 aromatic carbocycles. The second-order valence-corrected chi connectivity index (χ2v) is 3.94. The summed E-state index contributed by atoms with van der Waals surface area (Å²) in [6.07, 6.45) is -4.06. The number of rotatable bonds is 3. The summed E-state index contributed by atoms with van der Waals surface area (Å²) in [5.41, 5.74) is -0.166. The number of carbonyl (C=O) groups excluding carboxylic acids is 3. The van der Waals surface area contributed by atoms with Gasteiger partial charge in [-0.15, -0.1) is 0 Å². The Balaban J connectivity index is 0.000000956. The van der Waals surface area contributed by atoms with E-state index in [4.69, 9.17) is 5.11 Å². The average molecular weight is 288 g/mol. The predicted octanol–water partition coefficient (Wildman–Crippen LogP) is 1.65. The van der Waals surface area contributed by atoms with E-state index in [0.29, 0.717) is 0 Å². The number of alkyl halides is 2. The van der Waals surface area contributed by atoms with Crippen molar-refractivity contribution in [2.75, 3.05) is 7.11 Å². The van der Waals surface area contributed by atoms with Gasteiger partial charge in [-0.2, -0.15) is 0 Å². The molecule has 0 fully saturated rings. The van der Waals surface area contributed by atoms with E-state index in [-0.39, 0.29) is 11.1 Å². The summed E-state index contributed by atoms with van der Waals surface area (Å²) in [5.74, 6) is -5.08. The lowest BCUT2D eigenvalue weighted by Crippen LogP contribution is -2.22. The van der Waals surface area contributed by atoms with Gasteiger partial charge in [-0.25, -0.2) is 13.2 Å². The Kier molecular flexibility index (Phi) is 5.15. The van der Waals surface area contributed by atoms with Crippen molar-refractivity contribution < 1.29 is 32.7 Å². The van der Waals surface area contributed by atoms with Crippen LogP contribution in [0.15, 0.2) is 18.2 Å². The Hall–Kier alpha value is -2.02. The molecule has 20 heavy (non-hydrogen) atoms. The zero-order valence-electron chi connectivity index (χ0n) is 10.4. The normalized spacial score (nSPS) is 16.8. The second-order valence-electron chi connectivity index (χ2n) is 3.94. The van der Waals surface area contributed by atoms with Crippen molar-refractivity contribution >= 4 is 17.3 Å². The van der Waals surface area contributed by atoms with Crippen LogP contribution in [0.3, 0.4) is 0 Å². The molecule has 1 unspecified atom stereocenters. The maximum Gasteiger partial charge on any atom is 0.296 e. The van der Waals surface area contributed by atoms with E-state index in [2.05, 4.69) is 0 Å². The van der Waals surface area contributed by atoms with Gasteiger partial charge in [0.2, 0.25) is 0 Å². The molecule has 1 N–H and O–H groups in total. The highest BCUT2D eigenvalue weighted by Crippen LogP contribution is 2.30. The molecule has 0 bridgehead atoms. The number of Topliss-reactive ketones (excluding diaryl/α,β-unsaturated/α-hetero) is 3. The molecule has 0 aliphatic heterocycles. The number of hydrogen-bond donors (Lipinski definition) is 1. The van der Waals surface area contributed by atoms with Crippen LogP contribution in [0.4, 0.5) is 13.2 Å². The lowest BCUT2D eigenvalue weighted by atomic mass is 9.97. The number of benzene rings is 1. The summed E-state index contributed by atoms with van der Waals surface area (Å²) in [5, 5.41) is 7.00. The molecule has 4 nitrogen and oxygen atoms in total. The molecule has 0 saturated heterocycles. The number of aliphatic hydroxyl groups excluding tert-OH is 1. The fourth-order valence-electron chi connectivity index (χ4n) is 1.91. The molecule has 1 aromatic rings. The van der Waals surface area contributed by atoms with E-state index in [1.54, 1.807) is 0 Å². The van der Waals surface area contributed by atoms with Crippen LogP contribution in [0.25, 0.3) is 0 Å². The van der Waals surface area contributed by atoms with Gasteiger partial charge in [-0.3, -0.25) is 14.4 Å². The van der Waals surface area contributed by atoms with Gasteiger partial charge < -0.3 is 5.11 Å². The number of ketones is 3. The van der Waals surface area contributed by atoms with Crippen molar-refractivity contribution in [3.63, 3.8) is 0 Å². The Labute approximate surface area is 112 Å². The minimum Gasteiger partial charge on any atom is -0.400 e. The summed E-state index contributed by atoms with van der Waals surface area (Å²) >= 11 is 0. The summed E-state index contributed by atoms with van der Waals surface area (Å²) in [6, 6.07) is 3.00. The highest BCUT2D eigenvalue weighted by molar-refractivity contribution is 6.27. The third-order valence-electron chi connectivity index (χ3n) is 2.79. The maximum absolute atomic E-state index is 12.9. The molecular formula is C13H11F3O4. The molecule has 0 amide bonds. The molecule has 0 heterocycles. The third kappa shape index (κ3) is 2.93. The van der Waals surface area contributed by atoms with Crippen LogP contribution < -0.4 is 0 Å². The Morgan fingerprint density at radius 1 is 1.20 bits per heavy atom. The van der Waals surface area contributed by atoms with Gasteiger partial charge in [-0.1, -0.05) is 0 Å². The average Bonchev–Trinajstić information content (AvgIpc) is 2.65. The monoisotopic (exact) mass is 288 g/mol. The highest BCUT2D eigenvalue weighted by Gasteiger charge is 2.40. The standard InChI is InChI=1S/C12H7F3O3.CH4O/c13-5-1-2-6-7(3-5)11(18)8(10(6)17)4-9(16)12(14)15;1-2/h1-3,8,12H,4H2;2H,1H3. The van der Waals surface area contributed by atoms with E-state index >= 15 is 0 Å². The second kappa shape index (κ2) is 6.42. The lowest BCUT2D eigenvalue weighted by molar-refractivity contribution is -0.129. The van der Waals surface area contributed by atoms with Crippen molar-refractivity contribution in [2.45, 2.75) is 12.8 Å². The topological polar surface area (TPSA) is 71.4 Å². The number of aliphatic hydroxyl groups is 1. The van der Waals surface area contributed by atoms with Gasteiger partial charge in [0, 0.05) is 24.7 Å². The quantitative estimate of drug-likeness (QED) is 0.858. The first-order chi connectivity index (χ1) is 9.41. The molecule has 7 heteroatoms. The van der Waals surface area contributed by atoms with Crippen LogP contribution in [-0.4, -0.2) is 36.0 Å². The molecule has 2 rings (SSSR count). The zero-order chi connectivity index (χ0) is 15.4. The van der Waals surface area contributed by atoms with Crippen LogP contribution in [0.1, 0.15) is 27.1 Å². The van der Waals surface area contributed by atoms with Crippen molar-refractivity contribution in [3.8, 4) is 0 Å². The fourth-order valence-corrected chi connectivity index (χ4v) is 1.91. The van der Waals surface area contributed by atoms with Gasteiger partial charge in [0.25, 0.3) is 6.43 Å². The Bertz CT molecular complexity index is 555. The molecule has 0 aromatic heterocycles. The Morgan fingerprint density at radius 2 is 1.75 bits per heavy atom. The molecule has 1 atom stereocenters. The van der Waals surface area contributed by atoms with Crippen molar-refractivity contribution in [3.05, 3.63) is 35.1 Å². The van der Waals surface area contributed by atoms with Crippen LogP contribution in [0.2, 0.25) is 0 Å². The van der Waals surface area contributed by atoms with Crippen LogP contribution in [0, 0.1) is 11.7 Å². The van der Waals surface area contributed by atoms with Gasteiger partial charge in [0.1, 0.15) is 5.82 Å². The minimum atomic E-state index is -3.22. The zero-order valence-corrected chi connectivity index (χ0v) is 10.4. The lowest BCUT2D eigenvalue weighted by Gasteiger charge is -2.04. The van der Waals surface area contributed by atoms with Crippen molar-refractivity contribution in [1.82, 2.24) is 0 Å². The van der Waals surface area contributed by atoms with Gasteiger partial charge >= 0.3 is 0 Å². The van der Waals surface area contributed by atoms with E-state index < -0.39 is 41.9 Å². The smallest absolute Gasteiger partial charge is 0.296 e. The summed E-state index contributed by atoms with van der Waals surface area (Å²) < 4.78 is 37.1. The minimum absolute atomic E-state index is 0.0199. The van der Waals surface area contributed by atoms with Crippen LogP contribution >= 0.6 is 0 Å². The number of carbonyl (C=O) groups is 3. The summed E-state index contributed by atoms with van der Waals surface area (Å²) in [4.78, 5) is 34.3. The maximum atomic E-state index is 12.9. The third-order valence-corrected chi connectivity index (χ3v) is 2.79. The molecule has 0 spiro atoms. The SMILES string of the molecule is CO.O=C(CC1C(=O)c2ccc(F)cc2C1=O)C(F)F. The van der Waals surface area contributed by atoms with Gasteiger partial charge in [0.05, 0.1) is 5.92 Å². The molecule has 0 radical (unpaired) electrons. The Morgan fingerprint density at radius 3 is 2.30 bits per heavy atom. The van der Waals surface area contributed by atoms with E-state index in [1.807, 2.05) is 0 Å². The molecule has 1 aliphatic carbocycles. The first kappa shape index (κ1) is 16.0. The van der Waals surface area contributed by atoms with Crippen LogP contribution in [0.5, 0.6) is 0 Å². The van der Waals surface area contributed by atoms with Crippen LogP contribution in [-0.2, 0) is 4.79 Å². The molecular weight excluding hydrogens is 277 g/mol. The van der Waals surface area contributed by atoms with E-state index in [0.717, 1.165) is 25.3 Å². The predicted molar refractivity (Wildman–Crippen MR) is 62.3 cm³/mol. The summed E-state index contributed by atoms with van der Waals surface area (Å²) in [7, 11) is 1.00. The van der Waals surface area contributed by atoms with E-state index in [9.17, 15) is 27.6 Å². The fraction of sp³-hybridized carbons (Fsp3) is 0.308. The largest absolute Gasteiger partial charge is 0.400 e. The van der Waals surface area contributed by atoms with E-state index in [1.165, 1.54) is 0 Å². The van der Waals surface area contributed by atoms with Gasteiger partial charge in [0.15, 0.2) is 17.3 Å². The van der Waals surface area contributed by atoms with Crippen molar-refractivity contribution in [2.24, 2.45) is 5.92 Å². The number of hydrogen-bond acceptors (Lipinski definition) is 4. The number of fused-ring (bicyclic) bond motifs is 1. The summed E-state index contributed by atoms with van der Waals surface area (Å²) in [6.45, 7) is 0. The van der Waals surface area contributed by atoms with Crippen molar-refractivity contribution in [1.29, 1.82) is 0 Å². The molecule has 0 saturated carbocycles. The molecule has 108 valence electrons. The number of halogens is 3. The van der Waals surface area contributed by atoms with Gasteiger partial charge in [-0.05, 0) is 18.2 Å².